The maximum absolute atomic E-state index is 5.37. The van der Waals surface area contributed by atoms with Gasteiger partial charge in [-0.25, -0.2) is 0 Å². The van der Waals surface area contributed by atoms with E-state index < -0.39 is 0 Å². The number of hydrogen-bond acceptors (Lipinski definition) is 1. The summed E-state index contributed by atoms with van der Waals surface area (Å²) in [6.07, 6.45) is 3.69. The molecule has 1 fully saturated rings. The first-order chi connectivity index (χ1) is 6.65. The highest BCUT2D eigenvalue weighted by Crippen LogP contribution is 2.21. The molecule has 0 aliphatic carbocycles. The molecular weight excluding hydrogens is 192 g/mol. The molecule has 82 valence electrons. The topological polar surface area (TPSA) is 15.3 Å². The zero-order valence-corrected chi connectivity index (χ0v) is 10.4. The summed E-state index contributed by atoms with van der Waals surface area (Å²) in [7, 11) is 0. The fraction of sp³-hybridized carbons (Fsp3) is 0.909. The van der Waals surface area contributed by atoms with Crippen molar-refractivity contribution in [2.45, 2.75) is 46.1 Å². The van der Waals surface area contributed by atoms with E-state index in [0.717, 1.165) is 30.5 Å². The van der Waals surface area contributed by atoms with Crippen molar-refractivity contribution in [2.24, 2.45) is 5.92 Å². The van der Waals surface area contributed by atoms with Crippen molar-refractivity contribution in [3.05, 3.63) is 0 Å². The van der Waals surface area contributed by atoms with Crippen molar-refractivity contribution < 1.29 is 0 Å². The molecule has 1 saturated heterocycles. The fourth-order valence-corrected chi connectivity index (χ4v) is 2.42. The quantitative estimate of drug-likeness (QED) is 0.711. The highest BCUT2D eigenvalue weighted by Gasteiger charge is 2.24. The van der Waals surface area contributed by atoms with Crippen LogP contribution in [0, 0.1) is 5.92 Å². The van der Waals surface area contributed by atoms with E-state index in [2.05, 4.69) is 31.0 Å². The van der Waals surface area contributed by atoms with E-state index in [9.17, 15) is 0 Å². The van der Waals surface area contributed by atoms with Crippen LogP contribution >= 0.6 is 12.2 Å². The third-order valence-electron chi connectivity index (χ3n) is 2.93. The Labute approximate surface area is 93.1 Å². The molecule has 0 amide bonds. The summed E-state index contributed by atoms with van der Waals surface area (Å²) in [5.41, 5.74) is 0. The normalized spacial score (nSPS) is 27.5. The van der Waals surface area contributed by atoms with Crippen LogP contribution in [-0.4, -0.2) is 29.1 Å². The van der Waals surface area contributed by atoms with Crippen LogP contribution in [0.4, 0.5) is 0 Å². The lowest BCUT2D eigenvalue weighted by Crippen LogP contribution is -2.48. The van der Waals surface area contributed by atoms with Gasteiger partial charge in [0.1, 0.15) is 0 Å². The van der Waals surface area contributed by atoms with Gasteiger partial charge in [-0.05, 0) is 44.3 Å². The fourth-order valence-electron chi connectivity index (χ4n) is 2.04. The van der Waals surface area contributed by atoms with Gasteiger partial charge in [0.05, 0.1) is 0 Å². The first kappa shape index (κ1) is 11.8. The van der Waals surface area contributed by atoms with Crippen molar-refractivity contribution in [3.8, 4) is 0 Å². The SMILES string of the molecule is CCCNC(=S)N1CCC(C)CC1C. The Kier molecular flexibility index (Phi) is 4.66. The minimum absolute atomic E-state index is 0.607. The van der Waals surface area contributed by atoms with Crippen molar-refractivity contribution in [1.82, 2.24) is 10.2 Å². The second-order valence-corrected chi connectivity index (χ2v) is 4.79. The molecule has 2 atom stereocenters. The number of thiocarbonyl (C=S) groups is 1. The van der Waals surface area contributed by atoms with Crippen molar-refractivity contribution in [3.63, 3.8) is 0 Å². The van der Waals surface area contributed by atoms with Gasteiger partial charge in [-0.15, -0.1) is 0 Å². The molecule has 0 radical (unpaired) electrons. The van der Waals surface area contributed by atoms with Gasteiger partial charge < -0.3 is 10.2 Å². The molecule has 1 heterocycles. The lowest BCUT2D eigenvalue weighted by Gasteiger charge is -2.38. The molecule has 0 bridgehead atoms. The second kappa shape index (κ2) is 5.54. The monoisotopic (exact) mass is 214 g/mol. The van der Waals surface area contributed by atoms with E-state index in [1.807, 2.05) is 0 Å². The van der Waals surface area contributed by atoms with E-state index in [1.54, 1.807) is 0 Å². The average Bonchev–Trinajstić information content (AvgIpc) is 2.14. The van der Waals surface area contributed by atoms with Gasteiger partial charge >= 0.3 is 0 Å². The number of nitrogens with zero attached hydrogens (tertiary/aromatic N) is 1. The molecule has 1 rings (SSSR count). The van der Waals surface area contributed by atoms with Gasteiger partial charge in [-0.3, -0.25) is 0 Å². The highest BCUT2D eigenvalue weighted by atomic mass is 32.1. The number of likely N-dealkylation sites (tertiary alicyclic amines) is 1. The maximum atomic E-state index is 5.37. The van der Waals surface area contributed by atoms with Crippen LogP contribution in [0.15, 0.2) is 0 Å². The zero-order valence-electron chi connectivity index (χ0n) is 9.55. The van der Waals surface area contributed by atoms with Gasteiger partial charge in [-0.1, -0.05) is 13.8 Å². The summed E-state index contributed by atoms with van der Waals surface area (Å²) in [5.74, 6) is 0.857. The summed E-state index contributed by atoms with van der Waals surface area (Å²) in [6.45, 7) is 8.89. The van der Waals surface area contributed by atoms with Crippen molar-refractivity contribution in [1.29, 1.82) is 0 Å². The minimum Gasteiger partial charge on any atom is -0.363 e. The Hall–Kier alpha value is -0.310. The largest absolute Gasteiger partial charge is 0.363 e. The van der Waals surface area contributed by atoms with E-state index in [4.69, 9.17) is 12.2 Å². The molecular formula is C11H22N2S. The average molecular weight is 214 g/mol. The van der Waals surface area contributed by atoms with E-state index in [1.165, 1.54) is 12.8 Å². The molecule has 1 aliphatic heterocycles. The van der Waals surface area contributed by atoms with Gasteiger partial charge in [0, 0.05) is 19.1 Å². The van der Waals surface area contributed by atoms with Crippen LogP contribution in [0.25, 0.3) is 0 Å². The minimum atomic E-state index is 0.607. The third kappa shape index (κ3) is 3.12. The standard InChI is InChI=1S/C11H22N2S/c1-4-6-12-11(14)13-7-5-9(2)8-10(13)3/h9-10H,4-8H2,1-3H3,(H,12,14). The van der Waals surface area contributed by atoms with Crippen molar-refractivity contribution in [2.75, 3.05) is 13.1 Å². The molecule has 3 heteroatoms. The summed E-state index contributed by atoms with van der Waals surface area (Å²) in [6, 6.07) is 0.607. The Morgan fingerprint density at radius 2 is 2.21 bits per heavy atom. The van der Waals surface area contributed by atoms with Crippen LogP contribution < -0.4 is 5.32 Å². The molecule has 2 unspecified atom stereocenters. The van der Waals surface area contributed by atoms with Crippen molar-refractivity contribution >= 4 is 17.3 Å². The predicted molar refractivity (Wildman–Crippen MR) is 65.5 cm³/mol. The van der Waals surface area contributed by atoms with E-state index in [-0.39, 0.29) is 0 Å². The Bertz CT molecular complexity index is 194. The zero-order chi connectivity index (χ0) is 10.6. The number of rotatable bonds is 2. The van der Waals surface area contributed by atoms with Gasteiger partial charge in [-0.2, -0.15) is 0 Å². The summed E-state index contributed by atoms with van der Waals surface area (Å²) in [4.78, 5) is 2.34. The number of hydrogen-bond donors (Lipinski definition) is 1. The van der Waals surface area contributed by atoms with Crippen LogP contribution in [0.5, 0.6) is 0 Å². The van der Waals surface area contributed by atoms with Gasteiger partial charge in [0.2, 0.25) is 0 Å². The molecule has 1 aliphatic rings. The Morgan fingerprint density at radius 3 is 2.79 bits per heavy atom. The number of nitrogens with one attached hydrogen (secondary N) is 1. The van der Waals surface area contributed by atoms with Crippen LogP contribution in [0.2, 0.25) is 0 Å². The van der Waals surface area contributed by atoms with Crippen LogP contribution in [0.1, 0.15) is 40.0 Å². The molecule has 2 nitrogen and oxygen atoms in total. The second-order valence-electron chi connectivity index (χ2n) is 4.40. The molecule has 0 aromatic heterocycles. The predicted octanol–water partition coefficient (Wildman–Crippen LogP) is 2.39. The maximum Gasteiger partial charge on any atom is 0.169 e. The lowest BCUT2D eigenvalue weighted by atomic mass is 9.94. The molecule has 0 saturated carbocycles. The molecule has 0 aromatic rings. The van der Waals surface area contributed by atoms with Crippen LogP contribution in [-0.2, 0) is 0 Å². The number of piperidine rings is 1. The smallest absolute Gasteiger partial charge is 0.169 e. The van der Waals surface area contributed by atoms with E-state index in [0.29, 0.717) is 6.04 Å². The summed E-state index contributed by atoms with van der Waals surface area (Å²) < 4.78 is 0. The summed E-state index contributed by atoms with van der Waals surface area (Å²) >= 11 is 5.37. The lowest BCUT2D eigenvalue weighted by molar-refractivity contribution is 0.208. The highest BCUT2D eigenvalue weighted by molar-refractivity contribution is 7.80. The molecule has 1 N–H and O–H groups in total. The summed E-state index contributed by atoms with van der Waals surface area (Å²) in [5, 5.41) is 4.25. The first-order valence-corrected chi connectivity index (χ1v) is 6.10. The molecule has 0 spiro atoms. The third-order valence-corrected chi connectivity index (χ3v) is 3.30. The molecule has 14 heavy (non-hydrogen) atoms. The van der Waals surface area contributed by atoms with E-state index >= 15 is 0 Å². The Balaban J connectivity index is 2.39. The van der Waals surface area contributed by atoms with Crippen LogP contribution in [0.3, 0.4) is 0 Å². The Morgan fingerprint density at radius 1 is 1.50 bits per heavy atom. The first-order valence-electron chi connectivity index (χ1n) is 5.69. The van der Waals surface area contributed by atoms with Gasteiger partial charge in [0.25, 0.3) is 0 Å². The van der Waals surface area contributed by atoms with Gasteiger partial charge in [0.15, 0.2) is 5.11 Å². The molecule has 0 aromatic carbocycles.